The average molecular weight is 538 g/mol. The summed E-state index contributed by atoms with van der Waals surface area (Å²) in [5, 5.41) is 0.282. The molecule has 1 aromatic carbocycles. The number of ether oxygens (including phenoxy) is 2. The maximum absolute atomic E-state index is 13.8. The molecule has 6 rings (SSSR count). The fourth-order valence-corrected chi connectivity index (χ4v) is 8.60. The number of hydrogen-bond acceptors (Lipinski definition) is 4. The number of rotatable bonds is 4. The molecule has 1 aromatic rings. The van der Waals surface area contributed by atoms with E-state index >= 15 is 0 Å². The highest BCUT2D eigenvalue weighted by atomic mass is 35.5. The zero-order valence-corrected chi connectivity index (χ0v) is 23.5. The molecule has 1 unspecified atom stereocenters. The topological polar surface area (TPSA) is 55.8 Å². The third-order valence-electron chi connectivity index (χ3n) is 10.6. The number of halogens is 1. The first-order valence-corrected chi connectivity index (χ1v) is 14.9. The molecule has 5 nitrogen and oxygen atoms in total. The molecule has 1 saturated heterocycles. The normalized spacial score (nSPS) is 37.8. The van der Waals surface area contributed by atoms with Crippen LogP contribution in [0, 0.1) is 28.6 Å². The van der Waals surface area contributed by atoms with Crippen LogP contribution in [-0.4, -0.2) is 54.9 Å². The summed E-state index contributed by atoms with van der Waals surface area (Å²) in [4.78, 5) is 27.9. The Labute approximate surface area is 231 Å². The Kier molecular flexibility index (Phi) is 6.97. The molecule has 4 aliphatic carbocycles. The minimum atomic E-state index is -0.249. The van der Waals surface area contributed by atoms with Gasteiger partial charge in [-0.15, -0.1) is 11.6 Å². The van der Waals surface area contributed by atoms with Crippen LogP contribution in [0.2, 0.25) is 0 Å². The number of carbonyl (C=O) groups excluding carboxylic acids is 2. The second-order valence-corrected chi connectivity index (χ2v) is 13.2. The standard InChI is InChI=1S/C32H40ClNO4/c1-31-11-9-24(33)19-23(31)5-8-26-27(31)10-12-32(2)28(26)18-22(30(32)36)17-21-3-6-25(7-4-21)38-20-29(35)34-13-15-37-16-14-34/h3-7,17,24,26-28H,8-16,18-20H2,1-2H3/b22-17+/t24?,26-,27+,28+,31+,32+/m1/s1. The van der Waals surface area contributed by atoms with Gasteiger partial charge in [0.15, 0.2) is 12.4 Å². The highest BCUT2D eigenvalue weighted by Crippen LogP contribution is 2.65. The highest BCUT2D eigenvalue weighted by Gasteiger charge is 2.59. The number of Topliss-reactive ketones (excluding diaryl/α,β-unsaturated/α-hetero) is 1. The summed E-state index contributed by atoms with van der Waals surface area (Å²) in [6, 6.07) is 7.77. The number of fused-ring (bicyclic) bond motifs is 5. The van der Waals surface area contributed by atoms with Crippen molar-refractivity contribution in [1.82, 2.24) is 4.90 Å². The molecule has 4 fully saturated rings. The molecule has 38 heavy (non-hydrogen) atoms. The number of morpholine rings is 1. The number of amides is 1. The lowest BCUT2D eigenvalue weighted by Crippen LogP contribution is -2.50. The lowest BCUT2D eigenvalue weighted by Gasteiger charge is -2.56. The molecule has 0 N–H and O–H groups in total. The lowest BCUT2D eigenvalue weighted by molar-refractivity contribution is -0.137. The van der Waals surface area contributed by atoms with E-state index in [-0.39, 0.29) is 28.7 Å². The summed E-state index contributed by atoms with van der Waals surface area (Å²) in [6.45, 7) is 7.15. The molecule has 1 heterocycles. The smallest absolute Gasteiger partial charge is 0.260 e. The molecule has 5 aliphatic rings. The maximum atomic E-state index is 13.8. The van der Waals surface area contributed by atoms with Crippen LogP contribution in [-0.2, 0) is 14.3 Å². The van der Waals surface area contributed by atoms with E-state index in [0.717, 1.165) is 49.7 Å². The van der Waals surface area contributed by atoms with Gasteiger partial charge in [-0.25, -0.2) is 0 Å². The largest absolute Gasteiger partial charge is 0.484 e. The number of hydrogen-bond donors (Lipinski definition) is 0. The van der Waals surface area contributed by atoms with Gasteiger partial charge in [0.1, 0.15) is 5.75 Å². The molecular weight excluding hydrogens is 498 g/mol. The first kappa shape index (κ1) is 26.1. The van der Waals surface area contributed by atoms with E-state index in [0.29, 0.717) is 55.6 Å². The van der Waals surface area contributed by atoms with Crippen molar-refractivity contribution in [3.63, 3.8) is 0 Å². The first-order chi connectivity index (χ1) is 18.3. The van der Waals surface area contributed by atoms with Gasteiger partial charge in [0.2, 0.25) is 0 Å². The summed E-state index contributed by atoms with van der Waals surface area (Å²) in [6.07, 6.45) is 12.0. The molecule has 204 valence electrons. The number of allylic oxidation sites excluding steroid dienone is 3. The van der Waals surface area contributed by atoms with E-state index in [1.807, 2.05) is 24.3 Å². The Hall–Kier alpha value is -2.11. The summed E-state index contributed by atoms with van der Waals surface area (Å²) in [5.74, 6) is 2.65. The van der Waals surface area contributed by atoms with Gasteiger partial charge < -0.3 is 14.4 Å². The molecule has 1 amide bonds. The maximum Gasteiger partial charge on any atom is 0.260 e. The molecule has 3 saturated carbocycles. The van der Waals surface area contributed by atoms with E-state index in [4.69, 9.17) is 21.1 Å². The molecule has 1 aliphatic heterocycles. The fraction of sp³-hybridized carbons (Fsp3) is 0.625. The van der Waals surface area contributed by atoms with Crippen molar-refractivity contribution in [2.24, 2.45) is 28.6 Å². The van der Waals surface area contributed by atoms with Crippen molar-refractivity contribution < 1.29 is 19.1 Å². The van der Waals surface area contributed by atoms with E-state index in [1.165, 1.54) is 6.42 Å². The van der Waals surface area contributed by atoms with Gasteiger partial charge >= 0.3 is 0 Å². The van der Waals surface area contributed by atoms with Gasteiger partial charge in [0, 0.05) is 23.9 Å². The Morgan fingerprint density at radius 1 is 1.08 bits per heavy atom. The predicted molar refractivity (Wildman–Crippen MR) is 149 cm³/mol. The number of ketones is 1. The minimum Gasteiger partial charge on any atom is -0.484 e. The number of alkyl halides is 1. The predicted octanol–water partition coefficient (Wildman–Crippen LogP) is 6.06. The van der Waals surface area contributed by atoms with Crippen molar-refractivity contribution in [2.45, 2.75) is 64.2 Å². The molecular formula is C32H40ClNO4. The van der Waals surface area contributed by atoms with Gasteiger partial charge in [-0.2, -0.15) is 0 Å². The Morgan fingerprint density at radius 3 is 2.58 bits per heavy atom. The van der Waals surface area contributed by atoms with Crippen molar-refractivity contribution >= 4 is 29.4 Å². The highest BCUT2D eigenvalue weighted by molar-refractivity contribution is 6.20. The van der Waals surface area contributed by atoms with E-state index in [2.05, 4.69) is 26.0 Å². The second kappa shape index (κ2) is 10.1. The fourth-order valence-electron chi connectivity index (χ4n) is 8.33. The van der Waals surface area contributed by atoms with Crippen molar-refractivity contribution in [3.05, 3.63) is 47.1 Å². The lowest BCUT2D eigenvalue weighted by atomic mass is 9.48. The van der Waals surface area contributed by atoms with E-state index in [1.54, 1.807) is 10.5 Å². The van der Waals surface area contributed by atoms with Crippen LogP contribution in [0.15, 0.2) is 41.5 Å². The number of nitrogens with zero attached hydrogens (tertiary/aromatic N) is 1. The van der Waals surface area contributed by atoms with Crippen LogP contribution >= 0.6 is 11.6 Å². The van der Waals surface area contributed by atoms with E-state index < -0.39 is 0 Å². The summed E-state index contributed by atoms with van der Waals surface area (Å²) < 4.78 is 11.1. The van der Waals surface area contributed by atoms with Gasteiger partial charge in [0.05, 0.1) is 13.2 Å². The van der Waals surface area contributed by atoms with Gasteiger partial charge in [0.25, 0.3) is 5.91 Å². The molecule has 0 bridgehead atoms. The summed E-state index contributed by atoms with van der Waals surface area (Å²) in [5.41, 5.74) is 3.57. The molecule has 0 aromatic heterocycles. The number of carbonyl (C=O) groups is 2. The third-order valence-corrected chi connectivity index (χ3v) is 11.0. The van der Waals surface area contributed by atoms with Crippen LogP contribution < -0.4 is 4.74 Å². The molecule has 6 atom stereocenters. The zero-order valence-electron chi connectivity index (χ0n) is 22.7. The van der Waals surface area contributed by atoms with Crippen LogP contribution in [0.4, 0.5) is 0 Å². The Bertz CT molecular complexity index is 1150. The Balaban J connectivity index is 1.14. The first-order valence-electron chi connectivity index (χ1n) is 14.5. The van der Waals surface area contributed by atoms with Gasteiger partial charge in [-0.1, -0.05) is 37.6 Å². The number of benzene rings is 1. The second-order valence-electron chi connectivity index (χ2n) is 12.6. The summed E-state index contributed by atoms with van der Waals surface area (Å²) >= 11 is 6.55. The van der Waals surface area contributed by atoms with Crippen molar-refractivity contribution in [3.8, 4) is 5.75 Å². The zero-order chi connectivity index (χ0) is 26.5. The van der Waals surface area contributed by atoms with Crippen LogP contribution in [0.5, 0.6) is 5.75 Å². The summed E-state index contributed by atoms with van der Waals surface area (Å²) in [7, 11) is 0. The minimum absolute atomic E-state index is 0.0144. The van der Waals surface area contributed by atoms with Crippen LogP contribution in [0.25, 0.3) is 6.08 Å². The molecule has 6 heteroatoms. The molecule has 0 spiro atoms. The van der Waals surface area contributed by atoms with E-state index in [9.17, 15) is 9.59 Å². The third kappa shape index (κ3) is 4.54. The molecule has 0 radical (unpaired) electrons. The quantitative estimate of drug-likeness (QED) is 0.266. The van der Waals surface area contributed by atoms with Crippen LogP contribution in [0.1, 0.15) is 64.4 Å². The van der Waals surface area contributed by atoms with Crippen molar-refractivity contribution in [2.75, 3.05) is 32.9 Å². The van der Waals surface area contributed by atoms with Gasteiger partial charge in [-0.05, 0) is 97.5 Å². The van der Waals surface area contributed by atoms with Crippen molar-refractivity contribution in [1.29, 1.82) is 0 Å². The average Bonchev–Trinajstić information content (AvgIpc) is 3.18. The van der Waals surface area contributed by atoms with Gasteiger partial charge in [-0.3, -0.25) is 9.59 Å². The van der Waals surface area contributed by atoms with Crippen LogP contribution in [0.3, 0.4) is 0 Å². The SMILES string of the molecule is C[C@]12CCC(Cl)CC1=CC[C@@H]1[C@@H]2CC[C@]2(C)C(=O)/C(=C/c3ccc(OCC(=O)N4CCOCC4)cc3)C[C@@H]12. The Morgan fingerprint density at radius 2 is 1.82 bits per heavy atom. The monoisotopic (exact) mass is 537 g/mol.